The van der Waals surface area contributed by atoms with Crippen molar-refractivity contribution in [2.45, 2.75) is 38.5 Å². The lowest BCUT2D eigenvalue weighted by molar-refractivity contribution is 0.259. The lowest BCUT2D eigenvalue weighted by Gasteiger charge is -2.33. The first-order chi connectivity index (χ1) is 8.72. The molecule has 3 aliphatic carbocycles. The van der Waals surface area contributed by atoms with E-state index in [-0.39, 0.29) is 0 Å². The molecule has 1 N–H and O–H groups in total. The van der Waals surface area contributed by atoms with Gasteiger partial charge in [-0.15, -0.1) is 4.89 Å². The Bertz CT molecular complexity index is 464. The van der Waals surface area contributed by atoms with Crippen LogP contribution < -0.4 is 4.52 Å². The van der Waals surface area contributed by atoms with Crippen LogP contribution in [0.15, 0.2) is 18.2 Å². The van der Waals surface area contributed by atoms with Crippen LogP contribution in [0.3, 0.4) is 0 Å². The molecule has 1 atom stereocenters. The number of rotatable bonds is 2. The second-order valence-corrected chi connectivity index (χ2v) is 6.18. The molecule has 4 heteroatoms. The summed E-state index contributed by atoms with van der Waals surface area (Å²) < 4.78 is 16.0. The predicted molar refractivity (Wildman–Crippen MR) is 69.8 cm³/mol. The Morgan fingerprint density at radius 1 is 1.11 bits per heavy atom. The van der Waals surface area contributed by atoms with Crippen LogP contribution in [-0.2, 0) is 17.4 Å². The predicted octanol–water partition coefficient (Wildman–Crippen LogP) is 3.62. The van der Waals surface area contributed by atoms with E-state index in [2.05, 4.69) is 6.07 Å². The van der Waals surface area contributed by atoms with Crippen LogP contribution in [0.5, 0.6) is 5.75 Å². The SMILES string of the molecule is O=[P+](O)Oc1cccc2c1CC1CCC(CC1)C2. The fourth-order valence-corrected chi connectivity index (χ4v) is 3.78. The van der Waals surface area contributed by atoms with Gasteiger partial charge in [0.25, 0.3) is 0 Å². The van der Waals surface area contributed by atoms with Gasteiger partial charge in [0, 0.05) is 10.1 Å². The number of hydrogen-bond acceptors (Lipinski definition) is 2. The van der Waals surface area contributed by atoms with E-state index in [1.54, 1.807) is 0 Å². The van der Waals surface area contributed by atoms with Gasteiger partial charge in [-0.3, -0.25) is 0 Å². The molecule has 18 heavy (non-hydrogen) atoms. The summed E-state index contributed by atoms with van der Waals surface area (Å²) in [5.41, 5.74) is 2.49. The number of fused-ring (bicyclic) bond motifs is 2. The highest BCUT2D eigenvalue weighted by Crippen LogP contribution is 2.41. The Labute approximate surface area is 108 Å². The van der Waals surface area contributed by atoms with E-state index in [9.17, 15) is 4.57 Å². The Kier molecular flexibility index (Phi) is 3.36. The molecule has 1 aromatic rings. The molecule has 3 nitrogen and oxygen atoms in total. The topological polar surface area (TPSA) is 46.5 Å². The molecule has 0 radical (unpaired) electrons. The van der Waals surface area contributed by atoms with Crippen molar-refractivity contribution in [1.82, 2.24) is 0 Å². The molecule has 1 fully saturated rings. The van der Waals surface area contributed by atoms with Crippen molar-refractivity contribution < 1.29 is 14.0 Å². The van der Waals surface area contributed by atoms with Crippen molar-refractivity contribution in [3.8, 4) is 5.75 Å². The summed E-state index contributed by atoms with van der Waals surface area (Å²) in [5.74, 6) is 2.13. The van der Waals surface area contributed by atoms with Crippen LogP contribution in [0.4, 0.5) is 0 Å². The summed E-state index contributed by atoms with van der Waals surface area (Å²) in [5, 5.41) is 0. The molecule has 2 bridgehead atoms. The summed E-state index contributed by atoms with van der Waals surface area (Å²) in [6, 6.07) is 5.90. The third-order valence-corrected chi connectivity index (χ3v) is 4.73. The summed E-state index contributed by atoms with van der Waals surface area (Å²) in [6.45, 7) is 0. The average Bonchev–Trinajstić information content (AvgIpc) is 2.29. The maximum Gasteiger partial charge on any atom is 0.747 e. The van der Waals surface area contributed by atoms with Crippen molar-refractivity contribution in [3.63, 3.8) is 0 Å². The monoisotopic (exact) mass is 265 g/mol. The minimum Gasteiger partial charge on any atom is -0.229 e. The minimum absolute atomic E-state index is 0.615. The van der Waals surface area contributed by atoms with E-state index in [4.69, 9.17) is 9.42 Å². The molecule has 3 aliphatic rings. The zero-order valence-corrected chi connectivity index (χ0v) is 11.2. The van der Waals surface area contributed by atoms with Gasteiger partial charge in [-0.2, -0.15) is 0 Å². The molecular weight excluding hydrogens is 247 g/mol. The average molecular weight is 265 g/mol. The highest BCUT2D eigenvalue weighted by atomic mass is 31.1. The Balaban J connectivity index is 1.98. The second kappa shape index (κ2) is 4.99. The molecule has 0 heterocycles. The van der Waals surface area contributed by atoms with Crippen LogP contribution >= 0.6 is 8.25 Å². The quantitative estimate of drug-likeness (QED) is 0.831. The van der Waals surface area contributed by atoms with Crippen molar-refractivity contribution in [2.24, 2.45) is 11.8 Å². The normalized spacial score (nSPS) is 27.1. The molecule has 1 saturated carbocycles. The molecule has 1 unspecified atom stereocenters. The van der Waals surface area contributed by atoms with Crippen LogP contribution in [0.1, 0.15) is 36.8 Å². The van der Waals surface area contributed by atoms with Crippen LogP contribution in [0.25, 0.3) is 0 Å². The van der Waals surface area contributed by atoms with Gasteiger partial charge in [0.05, 0.1) is 0 Å². The van der Waals surface area contributed by atoms with E-state index in [1.807, 2.05) is 12.1 Å². The van der Waals surface area contributed by atoms with Crippen molar-refractivity contribution >= 4 is 8.25 Å². The van der Waals surface area contributed by atoms with Gasteiger partial charge in [-0.05, 0) is 62.0 Å². The smallest absolute Gasteiger partial charge is 0.229 e. The summed E-state index contributed by atoms with van der Waals surface area (Å²) in [7, 11) is -2.56. The van der Waals surface area contributed by atoms with Gasteiger partial charge in [-0.1, -0.05) is 12.1 Å². The van der Waals surface area contributed by atoms with E-state index in [0.29, 0.717) is 5.75 Å². The van der Waals surface area contributed by atoms with Gasteiger partial charge in [-0.25, -0.2) is 4.52 Å². The van der Waals surface area contributed by atoms with Crippen molar-refractivity contribution in [1.29, 1.82) is 0 Å². The Morgan fingerprint density at radius 3 is 2.44 bits per heavy atom. The molecule has 96 valence electrons. The lowest BCUT2D eigenvalue weighted by atomic mass is 9.73. The molecule has 1 aromatic carbocycles. The Morgan fingerprint density at radius 2 is 1.78 bits per heavy atom. The van der Waals surface area contributed by atoms with Gasteiger partial charge in [0.2, 0.25) is 0 Å². The molecule has 0 aromatic heterocycles. The summed E-state index contributed by atoms with van der Waals surface area (Å²) >= 11 is 0. The molecule has 0 saturated heterocycles. The van der Waals surface area contributed by atoms with Gasteiger partial charge in [0.1, 0.15) is 0 Å². The first-order valence-electron chi connectivity index (χ1n) is 6.67. The molecule has 0 spiro atoms. The van der Waals surface area contributed by atoms with E-state index in [0.717, 1.165) is 24.7 Å². The van der Waals surface area contributed by atoms with E-state index in [1.165, 1.54) is 36.8 Å². The van der Waals surface area contributed by atoms with Crippen molar-refractivity contribution in [3.05, 3.63) is 29.3 Å². The third-order valence-electron chi connectivity index (χ3n) is 4.37. The fraction of sp³-hybridized carbons (Fsp3) is 0.571. The minimum atomic E-state index is -2.56. The second-order valence-electron chi connectivity index (χ2n) is 5.52. The lowest BCUT2D eigenvalue weighted by Crippen LogP contribution is -2.22. The maximum atomic E-state index is 10.9. The maximum absolute atomic E-state index is 10.9. The third kappa shape index (κ3) is 2.43. The van der Waals surface area contributed by atoms with E-state index >= 15 is 0 Å². The number of hydrogen-bond donors (Lipinski definition) is 1. The van der Waals surface area contributed by atoms with Crippen LogP contribution in [0, 0.1) is 11.8 Å². The largest absolute Gasteiger partial charge is 0.747 e. The van der Waals surface area contributed by atoms with Crippen LogP contribution in [-0.4, -0.2) is 4.89 Å². The molecular formula is C14H18O3P+. The zero-order valence-electron chi connectivity index (χ0n) is 10.3. The summed E-state index contributed by atoms with van der Waals surface area (Å²) in [4.78, 5) is 8.95. The zero-order chi connectivity index (χ0) is 12.5. The van der Waals surface area contributed by atoms with Gasteiger partial charge >= 0.3 is 8.25 Å². The van der Waals surface area contributed by atoms with Crippen molar-refractivity contribution in [2.75, 3.05) is 0 Å². The molecule has 0 amide bonds. The van der Waals surface area contributed by atoms with E-state index < -0.39 is 8.25 Å². The van der Waals surface area contributed by atoms with Gasteiger partial charge < -0.3 is 0 Å². The summed E-state index contributed by atoms with van der Waals surface area (Å²) in [6.07, 6.45) is 7.36. The highest BCUT2D eigenvalue weighted by molar-refractivity contribution is 7.32. The molecule has 0 aliphatic heterocycles. The van der Waals surface area contributed by atoms with Gasteiger partial charge in [0.15, 0.2) is 5.75 Å². The Hall–Kier alpha value is -0.920. The first kappa shape index (κ1) is 12.1. The van der Waals surface area contributed by atoms with Crippen LogP contribution in [0.2, 0.25) is 0 Å². The highest BCUT2D eigenvalue weighted by Gasteiger charge is 2.29. The standard InChI is InChI=1S/C14H17O3P/c15-18(16)17-14-3-1-2-12-8-10-4-6-11(7-5-10)9-13(12)14/h1-3,10-11H,4-9H2/p+1. The fourth-order valence-electron chi connectivity index (χ4n) is 3.44. The first-order valence-corrected chi connectivity index (χ1v) is 7.80. The number of benzene rings is 1. The molecule has 4 rings (SSSR count).